The minimum atomic E-state index is -0.242. The van der Waals surface area contributed by atoms with Crippen molar-refractivity contribution in [2.75, 3.05) is 14.1 Å². The SMILES string of the molecule is CN[C@H]1CC(O[C@H]2CCCCCCCC[C@@H]2NC)CCCCCC[C@H]1O. The molecule has 26 heavy (non-hydrogen) atoms. The summed E-state index contributed by atoms with van der Waals surface area (Å²) in [5.74, 6) is 0. The van der Waals surface area contributed by atoms with Crippen molar-refractivity contribution in [3.63, 3.8) is 0 Å². The van der Waals surface area contributed by atoms with Gasteiger partial charge in [-0.15, -0.1) is 0 Å². The summed E-state index contributed by atoms with van der Waals surface area (Å²) in [7, 11) is 4.08. The Morgan fingerprint density at radius 1 is 0.654 bits per heavy atom. The van der Waals surface area contributed by atoms with Gasteiger partial charge in [-0.05, 0) is 46.2 Å². The van der Waals surface area contributed by atoms with Crippen molar-refractivity contribution in [3.05, 3.63) is 0 Å². The summed E-state index contributed by atoms with van der Waals surface area (Å²) in [6.45, 7) is 0. The highest BCUT2D eigenvalue weighted by molar-refractivity contribution is 4.83. The summed E-state index contributed by atoms with van der Waals surface area (Å²) in [4.78, 5) is 0. The van der Waals surface area contributed by atoms with Gasteiger partial charge in [0.2, 0.25) is 0 Å². The van der Waals surface area contributed by atoms with Crippen molar-refractivity contribution in [1.29, 1.82) is 0 Å². The van der Waals surface area contributed by atoms with Gasteiger partial charge in [-0.3, -0.25) is 0 Å². The summed E-state index contributed by atoms with van der Waals surface area (Å²) in [6, 6.07) is 0.632. The molecule has 0 aliphatic heterocycles. The minimum Gasteiger partial charge on any atom is -0.392 e. The summed E-state index contributed by atoms with van der Waals surface area (Å²) < 4.78 is 6.77. The lowest BCUT2D eigenvalue weighted by Gasteiger charge is -2.34. The quantitative estimate of drug-likeness (QED) is 0.697. The van der Waals surface area contributed by atoms with Gasteiger partial charge >= 0.3 is 0 Å². The molecule has 0 heterocycles. The van der Waals surface area contributed by atoms with Crippen LogP contribution >= 0.6 is 0 Å². The van der Waals surface area contributed by atoms with E-state index in [-0.39, 0.29) is 18.2 Å². The van der Waals surface area contributed by atoms with E-state index in [1.165, 1.54) is 70.6 Å². The number of nitrogens with one attached hydrogen (secondary N) is 2. The first-order valence-electron chi connectivity index (χ1n) is 11.4. The number of rotatable bonds is 4. The van der Waals surface area contributed by atoms with E-state index >= 15 is 0 Å². The first-order valence-corrected chi connectivity index (χ1v) is 11.4. The summed E-state index contributed by atoms with van der Waals surface area (Å²) in [5.41, 5.74) is 0. The normalized spacial score (nSPS) is 36.3. The van der Waals surface area contributed by atoms with Gasteiger partial charge in [-0.25, -0.2) is 0 Å². The lowest BCUT2D eigenvalue weighted by atomic mass is 9.92. The molecule has 0 aromatic carbocycles. The number of aliphatic hydroxyl groups excluding tert-OH is 1. The Labute approximate surface area is 161 Å². The highest BCUT2D eigenvalue weighted by atomic mass is 16.5. The Kier molecular flexibility index (Phi) is 11.1. The van der Waals surface area contributed by atoms with Crippen LogP contribution in [0.25, 0.3) is 0 Å². The van der Waals surface area contributed by atoms with Crippen LogP contribution in [0.15, 0.2) is 0 Å². The monoisotopic (exact) mass is 368 g/mol. The standard InChI is InChI=1S/C22H44N2O2/c1-23-19-14-10-5-3-4-6-12-16-22(19)26-18-13-9-7-8-11-15-21(25)20(17-18)24-2/h18-25H,3-17H2,1-2H3/t18?,19-,20-,21+,22-/m0/s1. The first-order chi connectivity index (χ1) is 12.7. The Morgan fingerprint density at radius 3 is 1.85 bits per heavy atom. The molecule has 154 valence electrons. The molecule has 0 spiro atoms. The van der Waals surface area contributed by atoms with Crippen molar-refractivity contribution in [2.24, 2.45) is 0 Å². The van der Waals surface area contributed by atoms with Gasteiger partial charge in [0, 0.05) is 12.1 Å². The van der Waals surface area contributed by atoms with Crippen LogP contribution in [0.4, 0.5) is 0 Å². The Balaban J connectivity index is 2.00. The molecule has 4 nitrogen and oxygen atoms in total. The molecule has 0 amide bonds. The van der Waals surface area contributed by atoms with E-state index in [9.17, 15) is 5.11 Å². The van der Waals surface area contributed by atoms with E-state index in [0.717, 1.165) is 25.7 Å². The van der Waals surface area contributed by atoms with Crippen LogP contribution in [0, 0.1) is 0 Å². The van der Waals surface area contributed by atoms with Gasteiger partial charge in [0.15, 0.2) is 0 Å². The molecule has 4 heteroatoms. The molecular formula is C22H44N2O2. The van der Waals surface area contributed by atoms with Crippen LogP contribution in [0.1, 0.15) is 96.3 Å². The Bertz CT molecular complexity index is 353. The molecule has 2 fully saturated rings. The van der Waals surface area contributed by atoms with Crippen molar-refractivity contribution in [3.8, 4) is 0 Å². The fourth-order valence-electron chi connectivity index (χ4n) is 4.82. The van der Waals surface area contributed by atoms with Gasteiger partial charge in [-0.1, -0.05) is 64.2 Å². The van der Waals surface area contributed by atoms with Crippen molar-refractivity contribution >= 4 is 0 Å². The van der Waals surface area contributed by atoms with E-state index in [1.54, 1.807) is 0 Å². The van der Waals surface area contributed by atoms with Crippen LogP contribution in [-0.2, 0) is 4.74 Å². The summed E-state index contributed by atoms with van der Waals surface area (Å²) in [5, 5.41) is 17.4. The van der Waals surface area contributed by atoms with Crippen molar-refractivity contribution in [2.45, 2.75) is 127 Å². The Morgan fingerprint density at radius 2 is 1.19 bits per heavy atom. The van der Waals surface area contributed by atoms with Crippen LogP contribution in [0.3, 0.4) is 0 Å². The van der Waals surface area contributed by atoms with Crippen molar-refractivity contribution < 1.29 is 9.84 Å². The highest BCUT2D eigenvalue weighted by Crippen LogP contribution is 2.25. The highest BCUT2D eigenvalue weighted by Gasteiger charge is 2.28. The maximum atomic E-state index is 10.5. The largest absolute Gasteiger partial charge is 0.392 e. The minimum absolute atomic E-state index is 0.158. The average molecular weight is 369 g/mol. The maximum absolute atomic E-state index is 10.5. The molecule has 2 aliphatic rings. The zero-order chi connectivity index (χ0) is 18.6. The molecule has 2 saturated carbocycles. The van der Waals surface area contributed by atoms with E-state index in [2.05, 4.69) is 17.7 Å². The second kappa shape index (κ2) is 13.1. The van der Waals surface area contributed by atoms with Gasteiger partial charge in [0.25, 0.3) is 0 Å². The number of hydrogen-bond acceptors (Lipinski definition) is 4. The van der Waals surface area contributed by atoms with Gasteiger partial charge in [0.05, 0.1) is 18.3 Å². The van der Waals surface area contributed by atoms with Crippen LogP contribution in [0.5, 0.6) is 0 Å². The second-order valence-electron chi connectivity index (χ2n) is 8.58. The van der Waals surface area contributed by atoms with Crippen molar-refractivity contribution in [1.82, 2.24) is 10.6 Å². The third-order valence-corrected chi connectivity index (χ3v) is 6.57. The van der Waals surface area contributed by atoms with Crippen LogP contribution < -0.4 is 10.6 Å². The smallest absolute Gasteiger partial charge is 0.0731 e. The summed E-state index contributed by atoms with van der Waals surface area (Å²) in [6.07, 6.45) is 18.7. The van der Waals surface area contributed by atoms with Crippen LogP contribution in [-0.4, -0.2) is 49.6 Å². The molecule has 0 aromatic heterocycles. The maximum Gasteiger partial charge on any atom is 0.0731 e. The van der Waals surface area contributed by atoms with Crippen LogP contribution in [0.2, 0.25) is 0 Å². The zero-order valence-electron chi connectivity index (χ0n) is 17.3. The predicted octanol–water partition coefficient (Wildman–Crippen LogP) is 4.16. The molecule has 3 N–H and O–H groups in total. The fraction of sp³-hybridized carbons (Fsp3) is 1.00. The fourth-order valence-corrected chi connectivity index (χ4v) is 4.82. The number of ether oxygens (including phenoxy) is 1. The third-order valence-electron chi connectivity index (χ3n) is 6.57. The second-order valence-corrected chi connectivity index (χ2v) is 8.58. The van der Waals surface area contributed by atoms with E-state index in [1.807, 2.05) is 7.05 Å². The molecule has 2 aliphatic carbocycles. The lowest BCUT2D eigenvalue weighted by Crippen LogP contribution is -2.45. The molecule has 1 unspecified atom stereocenters. The molecular weight excluding hydrogens is 324 g/mol. The molecule has 5 atom stereocenters. The summed E-state index contributed by atoms with van der Waals surface area (Å²) >= 11 is 0. The van der Waals surface area contributed by atoms with Gasteiger partial charge in [-0.2, -0.15) is 0 Å². The van der Waals surface area contributed by atoms with Gasteiger partial charge < -0.3 is 20.5 Å². The average Bonchev–Trinajstić information content (AvgIpc) is 2.66. The predicted molar refractivity (Wildman–Crippen MR) is 110 cm³/mol. The molecule has 0 saturated heterocycles. The molecule has 0 radical (unpaired) electrons. The molecule has 2 rings (SSSR count). The van der Waals surface area contributed by atoms with E-state index in [4.69, 9.17) is 4.74 Å². The van der Waals surface area contributed by atoms with E-state index in [0.29, 0.717) is 12.1 Å². The van der Waals surface area contributed by atoms with Gasteiger partial charge in [0.1, 0.15) is 0 Å². The number of hydrogen-bond donors (Lipinski definition) is 3. The third kappa shape index (κ3) is 7.84. The lowest BCUT2D eigenvalue weighted by molar-refractivity contribution is -0.0564. The Hall–Kier alpha value is -0.160. The number of aliphatic hydroxyl groups is 1. The molecule has 0 aromatic rings. The zero-order valence-corrected chi connectivity index (χ0v) is 17.3. The number of likely N-dealkylation sites (N-methyl/N-ethyl adjacent to an activating group) is 2. The molecule has 0 bridgehead atoms. The van der Waals surface area contributed by atoms with E-state index < -0.39 is 0 Å². The first kappa shape index (κ1) is 22.1. The topological polar surface area (TPSA) is 53.5 Å².